The zero-order valence-electron chi connectivity index (χ0n) is 17.3. The molecule has 0 aliphatic carbocycles. The SMILES string of the molecule is COc1ccc(N2C(=O)C(=O)N(CC(=O)Nc3c(C)cccc3C(C)C)C2=O)cc1. The van der Waals surface area contributed by atoms with Crippen molar-refractivity contribution in [1.82, 2.24) is 4.90 Å². The normalized spacial score (nSPS) is 14.0. The minimum absolute atomic E-state index is 0.169. The van der Waals surface area contributed by atoms with Crippen molar-refractivity contribution >= 4 is 35.1 Å². The molecule has 30 heavy (non-hydrogen) atoms. The van der Waals surface area contributed by atoms with Gasteiger partial charge < -0.3 is 10.1 Å². The third-order valence-electron chi connectivity index (χ3n) is 4.88. The van der Waals surface area contributed by atoms with Crippen molar-refractivity contribution in [2.45, 2.75) is 26.7 Å². The maximum Gasteiger partial charge on any atom is 0.339 e. The van der Waals surface area contributed by atoms with E-state index in [2.05, 4.69) is 5.32 Å². The van der Waals surface area contributed by atoms with Crippen molar-refractivity contribution in [3.8, 4) is 5.75 Å². The summed E-state index contributed by atoms with van der Waals surface area (Å²) < 4.78 is 5.05. The average Bonchev–Trinajstić information content (AvgIpc) is 2.92. The van der Waals surface area contributed by atoms with Gasteiger partial charge in [0.1, 0.15) is 12.3 Å². The first-order chi connectivity index (χ1) is 14.2. The van der Waals surface area contributed by atoms with Gasteiger partial charge >= 0.3 is 17.8 Å². The molecule has 2 aromatic rings. The molecule has 8 heteroatoms. The number of hydrogen-bond donors (Lipinski definition) is 1. The van der Waals surface area contributed by atoms with Crippen LogP contribution in [0.3, 0.4) is 0 Å². The third kappa shape index (κ3) is 3.89. The van der Waals surface area contributed by atoms with Crippen molar-refractivity contribution in [3.63, 3.8) is 0 Å². The Balaban J connectivity index is 1.78. The highest BCUT2D eigenvalue weighted by Crippen LogP contribution is 2.28. The molecule has 0 spiro atoms. The zero-order chi connectivity index (χ0) is 22.0. The lowest BCUT2D eigenvalue weighted by atomic mass is 9.98. The first-order valence-corrected chi connectivity index (χ1v) is 9.48. The maximum atomic E-state index is 12.7. The number of amides is 5. The summed E-state index contributed by atoms with van der Waals surface area (Å²) in [5.74, 6) is -1.89. The van der Waals surface area contributed by atoms with Crippen LogP contribution >= 0.6 is 0 Å². The van der Waals surface area contributed by atoms with Gasteiger partial charge in [0.25, 0.3) is 0 Å². The number of aryl methyl sites for hydroxylation is 1. The second-order valence-corrected chi connectivity index (χ2v) is 7.25. The number of carbonyl (C=O) groups excluding carboxylic acids is 4. The lowest BCUT2D eigenvalue weighted by Crippen LogP contribution is -2.39. The van der Waals surface area contributed by atoms with E-state index < -0.39 is 30.3 Å². The largest absolute Gasteiger partial charge is 0.497 e. The fourth-order valence-electron chi connectivity index (χ4n) is 3.27. The molecule has 0 bridgehead atoms. The van der Waals surface area contributed by atoms with Crippen LogP contribution in [0.5, 0.6) is 5.75 Å². The summed E-state index contributed by atoms with van der Waals surface area (Å²) in [5, 5.41) is 2.78. The van der Waals surface area contributed by atoms with Crippen LogP contribution in [0.15, 0.2) is 42.5 Å². The monoisotopic (exact) mass is 409 g/mol. The number of anilines is 2. The molecule has 1 heterocycles. The van der Waals surface area contributed by atoms with Gasteiger partial charge in [-0.25, -0.2) is 14.6 Å². The van der Waals surface area contributed by atoms with Gasteiger partial charge in [-0.1, -0.05) is 32.0 Å². The van der Waals surface area contributed by atoms with Gasteiger partial charge in [0.15, 0.2) is 0 Å². The molecule has 0 unspecified atom stereocenters. The van der Waals surface area contributed by atoms with Crippen molar-refractivity contribution in [1.29, 1.82) is 0 Å². The van der Waals surface area contributed by atoms with Crippen LogP contribution in [-0.4, -0.2) is 42.3 Å². The zero-order valence-corrected chi connectivity index (χ0v) is 17.3. The summed E-state index contributed by atoms with van der Waals surface area (Å²) in [5.41, 5.74) is 2.68. The van der Waals surface area contributed by atoms with E-state index in [1.54, 1.807) is 12.1 Å². The highest BCUT2D eigenvalue weighted by atomic mass is 16.5. The third-order valence-corrected chi connectivity index (χ3v) is 4.88. The number of hydrogen-bond acceptors (Lipinski definition) is 5. The van der Waals surface area contributed by atoms with Crippen LogP contribution in [0.25, 0.3) is 0 Å². The van der Waals surface area contributed by atoms with Crippen molar-refractivity contribution in [3.05, 3.63) is 53.6 Å². The second kappa shape index (κ2) is 8.36. The maximum absolute atomic E-state index is 12.7. The molecule has 1 saturated heterocycles. The van der Waals surface area contributed by atoms with Crippen molar-refractivity contribution in [2.24, 2.45) is 0 Å². The van der Waals surface area contributed by atoms with Crippen molar-refractivity contribution < 1.29 is 23.9 Å². The number of urea groups is 1. The molecule has 8 nitrogen and oxygen atoms in total. The van der Waals surface area contributed by atoms with E-state index in [-0.39, 0.29) is 11.6 Å². The molecule has 2 aromatic carbocycles. The van der Waals surface area contributed by atoms with Gasteiger partial charge in [-0.05, 0) is 48.2 Å². The van der Waals surface area contributed by atoms with E-state index in [0.717, 1.165) is 16.0 Å². The Morgan fingerprint density at radius 3 is 2.30 bits per heavy atom. The molecule has 1 N–H and O–H groups in total. The van der Waals surface area contributed by atoms with Crippen LogP contribution in [0.4, 0.5) is 16.2 Å². The standard InChI is InChI=1S/C22H23N3O5/c1-13(2)17-7-5-6-14(3)19(17)23-18(26)12-24-20(27)21(28)25(22(24)29)15-8-10-16(30-4)11-9-15/h5-11,13H,12H2,1-4H3,(H,23,26). The molecule has 5 amide bonds. The fourth-order valence-corrected chi connectivity index (χ4v) is 3.27. The molecule has 0 radical (unpaired) electrons. The Hall–Kier alpha value is -3.68. The first-order valence-electron chi connectivity index (χ1n) is 9.48. The molecular formula is C22H23N3O5. The molecule has 1 fully saturated rings. The first kappa shape index (κ1) is 21.0. The molecule has 0 saturated carbocycles. The Morgan fingerprint density at radius 2 is 1.70 bits per heavy atom. The summed E-state index contributed by atoms with van der Waals surface area (Å²) in [4.78, 5) is 51.5. The summed E-state index contributed by atoms with van der Waals surface area (Å²) in [7, 11) is 1.49. The topological polar surface area (TPSA) is 96.0 Å². The lowest BCUT2D eigenvalue weighted by Gasteiger charge is -2.18. The molecule has 156 valence electrons. The van der Waals surface area contributed by atoms with Gasteiger partial charge in [0.2, 0.25) is 5.91 Å². The highest BCUT2D eigenvalue weighted by molar-refractivity contribution is 6.53. The number of nitrogens with one attached hydrogen (secondary N) is 1. The van der Waals surface area contributed by atoms with E-state index in [9.17, 15) is 19.2 Å². The Kier molecular flexibility index (Phi) is 5.86. The summed E-state index contributed by atoms with van der Waals surface area (Å²) in [6.07, 6.45) is 0. The fraction of sp³-hybridized carbons (Fsp3) is 0.273. The summed E-state index contributed by atoms with van der Waals surface area (Å²) in [6.45, 7) is 5.32. The van der Waals surface area contributed by atoms with Gasteiger partial charge in [0.05, 0.1) is 12.8 Å². The number of benzene rings is 2. The number of nitrogens with zero attached hydrogens (tertiary/aromatic N) is 2. The number of ether oxygens (including phenoxy) is 1. The van der Waals surface area contributed by atoms with Crippen LogP contribution in [0, 0.1) is 6.92 Å². The predicted molar refractivity (Wildman–Crippen MR) is 111 cm³/mol. The summed E-state index contributed by atoms with van der Waals surface area (Å²) >= 11 is 0. The van der Waals surface area contributed by atoms with E-state index >= 15 is 0 Å². The van der Waals surface area contributed by atoms with Crippen LogP contribution < -0.4 is 15.0 Å². The number of methoxy groups -OCH3 is 1. The minimum Gasteiger partial charge on any atom is -0.497 e. The van der Waals surface area contributed by atoms with Crippen LogP contribution in [-0.2, 0) is 14.4 Å². The van der Waals surface area contributed by atoms with Gasteiger partial charge in [-0.3, -0.25) is 14.4 Å². The number of carbonyl (C=O) groups is 4. The minimum atomic E-state index is -1.04. The van der Waals surface area contributed by atoms with E-state index in [1.807, 2.05) is 39.0 Å². The second-order valence-electron chi connectivity index (χ2n) is 7.25. The number of imide groups is 2. The van der Waals surface area contributed by atoms with Gasteiger partial charge in [0, 0.05) is 5.69 Å². The average molecular weight is 409 g/mol. The smallest absolute Gasteiger partial charge is 0.339 e. The Morgan fingerprint density at radius 1 is 1.03 bits per heavy atom. The highest BCUT2D eigenvalue weighted by Gasteiger charge is 2.46. The number of rotatable bonds is 6. The van der Waals surface area contributed by atoms with Gasteiger partial charge in [-0.2, -0.15) is 0 Å². The quantitative estimate of drug-likeness (QED) is 0.584. The van der Waals surface area contributed by atoms with E-state index in [1.165, 1.54) is 19.2 Å². The van der Waals surface area contributed by atoms with Crippen LogP contribution in [0.2, 0.25) is 0 Å². The molecular weight excluding hydrogens is 386 g/mol. The molecule has 1 aliphatic heterocycles. The van der Waals surface area contributed by atoms with Crippen LogP contribution in [0.1, 0.15) is 30.9 Å². The summed E-state index contributed by atoms with van der Waals surface area (Å²) in [6, 6.07) is 10.9. The molecule has 3 rings (SSSR count). The Labute approximate surface area is 174 Å². The Bertz CT molecular complexity index is 1010. The number of para-hydroxylation sites is 1. The molecule has 0 atom stereocenters. The van der Waals surface area contributed by atoms with Crippen molar-refractivity contribution in [2.75, 3.05) is 23.9 Å². The van der Waals surface area contributed by atoms with E-state index in [4.69, 9.17) is 4.74 Å². The molecule has 0 aromatic heterocycles. The van der Waals surface area contributed by atoms with E-state index in [0.29, 0.717) is 16.3 Å². The predicted octanol–water partition coefficient (Wildman–Crippen LogP) is 3.06. The molecule has 1 aliphatic rings. The lowest BCUT2D eigenvalue weighted by molar-refractivity contribution is -0.140. The van der Waals surface area contributed by atoms with Gasteiger partial charge in [-0.15, -0.1) is 0 Å².